The smallest absolute Gasteiger partial charge is 0.141 e. The Bertz CT molecular complexity index is 949. The molecule has 1 aliphatic rings. The average Bonchev–Trinajstić information content (AvgIpc) is 2.69. The third-order valence-corrected chi connectivity index (χ3v) is 5.26. The van der Waals surface area contributed by atoms with Gasteiger partial charge in [-0.15, -0.1) is 0 Å². The van der Waals surface area contributed by atoms with E-state index in [-0.39, 0.29) is 6.10 Å². The first-order valence-corrected chi connectivity index (χ1v) is 9.31. The molecule has 1 aromatic heterocycles. The van der Waals surface area contributed by atoms with Gasteiger partial charge in [-0.2, -0.15) is 0 Å². The Morgan fingerprint density at radius 2 is 1.85 bits per heavy atom. The SMILES string of the molecule is COc1ccc(-c2c(OC3CCN(C)CC3)ccc3cnccc23)cc1N. The van der Waals surface area contributed by atoms with E-state index in [0.717, 1.165) is 53.6 Å². The number of rotatable bonds is 4. The minimum atomic E-state index is 0.231. The molecule has 4 rings (SSSR count). The molecule has 0 radical (unpaired) electrons. The summed E-state index contributed by atoms with van der Waals surface area (Å²) in [6, 6.07) is 12.1. The Kier molecular flexibility index (Phi) is 4.86. The number of piperidine rings is 1. The summed E-state index contributed by atoms with van der Waals surface area (Å²) in [5.41, 5.74) is 8.88. The van der Waals surface area contributed by atoms with Gasteiger partial charge in [-0.3, -0.25) is 4.98 Å². The lowest BCUT2D eigenvalue weighted by atomic mass is 9.97. The average molecular weight is 363 g/mol. The van der Waals surface area contributed by atoms with Crippen LogP contribution in [0.4, 0.5) is 5.69 Å². The minimum absolute atomic E-state index is 0.231. The molecular formula is C22H25N3O2. The van der Waals surface area contributed by atoms with Gasteiger partial charge in [-0.05, 0) is 61.2 Å². The summed E-state index contributed by atoms with van der Waals surface area (Å²) in [4.78, 5) is 6.60. The second-order valence-corrected chi connectivity index (χ2v) is 7.11. The fourth-order valence-electron chi connectivity index (χ4n) is 3.72. The van der Waals surface area contributed by atoms with E-state index in [1.54, 1.807) is 7.11 Å². The summed E-state index contributed by atoms with van der Waals surface area (Å²) in [6.07, 6.45) is 6.00. The van der Waals surface area contributed by atoms with Crippen molar-refractivity contribution in [2.75, 3.05) is 33.0 Å². The van der Waals surface area contributed by atoms with Crippen molar-refractivity contribution in [3.05, 3.63) is 48.8 Å². The van der Waals surface area contributed by atoms with Crippen molar-refractivity contribution >= 4 is 16.5 Å². The standard InChI is InChI=1S/C22H25N3O2/c1-25-11-8-17(9-12-25)27-21-6-4-16-14-24-10-7-18(16)22(21)15-3-5-20(26-2)19(23)13-15/h3-7,10,13-14,17H,8-9,11-12,23H2,1-2H3. The van der Waals surface area contributed by atoms with Crippen LogP contribution < -0.4 is 15.2 Å². The molecule has 0 amide bonds. The Labute approximate surface area is 159 Å². The molecule has 1 saturated heterocycles. The zero-order valence-electron chi connectivity index (χ0n) is 15.8. The quantitative estimate of drug-likeness (QED) is 0.711. The molecule has 140 valence electrons. The second kappa shape index (κ2) is 7.45. The molecule has 0 aliphatic carbocycles. The van der Waals surface area contributed by atoms with Crippen molar-refractivity contribution in [1.29, 1.82) is 0 Å². The minimum Gasteiger partial charge on any atom is -0.495 e. The molecule has 0 saturated carbocycles. The van der Waals surface area contributed by atoms with Crippen molar-refractivity contribution in [1.82, 2.24) is 9.88 Å². The van der Waals surface area contributed by atoms with Crippen molar-refractivity contribution in [2.24, 2.45) is 0 Å². The highest BCUT2D eigenvalue weighted by molar-refractivity contribution is 5.99. The largest absolute Gasteiger partial charge is 0.495 e. The lowest BCUT2D eigenvalue weighted by Gasteiger charge is -2.30. The summed E-state index contributed by atoms with van der Waals surface area (Å²) >= 11 is 0. The molecule has 5 heteroatoms. The van der Waals surface area contributed by atoms with Crippen molar-refractivity contribution in [3.63, 3.8) is 0 Å². The maximum atomic E-state index is 6.47. The molecule has 0 unspecified atom stereocenters. The first kappa shape index (κ1) is 17.6. The third-order valence-electron chi connectivity index (χ3n) is 5.26. The Balaban J connectivity index is 1.79. The number of benzene rings is 2. The van der Waals surface area contributed by atoms with Gasteiger partial charge in [0.15, 0.2) is 0 Å². The summed E-state index contributed by atoms with van der Waals surface area (Å²) < 4.78 is 11.8. The van der Waals surface area contributed by atoms with Crippen LogP contribution in [0, 0.1) is 0 Å². The number of methoxy groups -OCH3 is 1. The number of aromatic nitrogens is 1. The van der Waals surface area contributed by atoms with E-state index in [0.29, 0.717) is 11.4 Å². The van der Waals surface area contributed by atoms with Gasteiger partial charge in [0.2, 0.25) is 0 Å². The highest BCUT2D eigenvalue weighted by Crippen LogP contribution is 2.40. The number of nitrogen functional groups attached to an aromatic ring is 1. The van der Waals surface area contributed by atoms with Gasteiger partial charge in [0.25, 0.3) is 0 Å². The summed E-state index contributed by atoms with van der Waals surface area (Å²) in [6.45, 7) is 2.12. The maximum absolute atomic E-state index is 6.47. The van der Waals surface area contributed by atoms with Gasteiger partial charge in [0, 0.05) is 36.4 Å². The Hall–Kier alpha value is -2.79. The summed E-state index contributed by atoms with van der Waals surface area (Å²) in [5, 5.41) is 2.19. The van der Waals surface area contributed by atoms with Crippen LogP contribution in [-0.2, 0) is 0 Å². The van der Waals surface area contributed by atoms with E-state index >= 15 is 0 Å². The van der Waals surface area contributed by atoms with Crippen LogP contribution in [0.2, 0.25) is 0 Å². The van der Waals surface area contributed by atoms with E-state index in [2.05, 4.69) is 29.1 Å². The highest BCUT2D eigenvalue weighted by Gasteiger charge is 2.21. The topological polar surface area (TPSA) is 60.6 Å². The van der Waals surface area contributed by atoms with E-state index in [9.17, 15) is 0 Å². The fraction of sp³-hybridized carbons (Fsp3) is 0.318. The zero-order valence-corrected chi connectivity index (χ0v) is 15.8. The molecule has 27 heavy (non-hydrogen) atoms. The monoisotopic (exact) mass is 363 g/mol. The fourth-order valence-corrected chi connectivity index (χ4v) is 3.72. The number of nitrogens with zero attached hydrogens (tertiary/aromatic N) is 2. The van der Waals surface area contributed by atoms with E-state index in [1.807, 2.05) is 36.7 Å². The van der Waals surface area contributed by atoms with Crippen LogP contribution in [0.25, 0.3) is 21.9 Å². The number of anilines is 1. The molecule has 1 aliphatic heterocycles. The number of pyridine rings is 1. The Morgan fingerprint density at radius 1 is 1.07 bits per heavy atom. The molecule has 3 aromatic rings. The third kappa shape index (κ3) is 3.55. The van der Waals surface area contributed by atoms with Gasteiger partial charge < -0.3 is 20.1 Å². The van der Waals surface area contributed by atoms with Crippen LogP contribution in [0.5, 0.6) is 11.5 Å². The number of likely N-dealkylation sites (tertiary alicyclic amines) is 1. The van der Waals surface area contributed by atoms with Crippen molar-refractivity contribution < 1.29 is 9.47 Å². The number of fused-ring (bicyclic) bond motifs is 1. The normalized spacial score (nSPS) is 15.8. The number of nitrogens with two attached hydrogens (primary N) is 1. The number of hydrogen-bond donors (Lipinski definition) is 1. The molecule has 1 fully saturated rings. The van der Waals surface area contributed by atoms with E-state index in [1.165, 1.54) is 0 Å². The second-order valence-electron chi connectivity index (χ2n) is 7.11. The molecule has 0 bridgehead atoms. The number of hydrogen-bond acceptors (Lipinski definition) is 5. The van der Waals surface area contributed by atoms with Gasteiger partial charge in [0.05, 0.1) is 12.8 Å². The predicted molar refractivity (Wildman–Crippen MR) is 109 cm³/mol. The molecule has 2 N–H and O–H groups in total. The summed E-state index contributed by atoms with van der Waals surface area (Å²) in [5.74, 6) is 1.58. The van der Waals surface area contributed by atoms with E-state index in [4.69, 9.17) is 15.2 Å². The molecule has 0 atom stereocenters. The van der Waals surface area contributed by atoms with Gasteiger partial charge in [0.1, 0.15) is 17.6 Å². The van der Waals surface area contributed by atoms with Gasteiger partial charge in [-0.1, -0.05) is 6.07 Å². The first-order valence-electron chi connectivity index (χ1n) is 9.31. The van der Waals surface area contributed by atoms with Crippen LogP contribution >= 0.6 is 0 Å². The van der Waals surface area contributed by atoms with Crippen LogP contribution in [0.15, 0.2) is 48.8 Å². The highest BCUT2D eigenvalue weighted by atomic mass is 16.5. The molecular weight excluding hydrogens is 338 g/mol. The van der Waals surface area contributed by atoms with Crippen LogP contribution in [0.3, 0.4) is 0 Å². The molecule has 0 spiro atoms. The Morgan fingerprint density at radius 3 is 2.59 bits per heavy atom. The number of ether oxygens (including phenoxy) is 2. The maximum Gasteiger partial charge on any atom is 0.141 e. The molecule has 2 heterocycles. The zero-order chi connectivity index (χ0) is 18.8. The van der Waals surface area contributed by atoms with E-state index < -0.39 is 0 Å². The van der Waals surface area contributed by atoms with Crippen molar-refractivity contribution in [2.45, 2.75) is 18.9 Å². The first-order chi connectivity index (χ1) is 13.2. The molecule has 2 aromatic carbocycles. The van der Waals surface area contributed by atoms with Crippen molar-refractivity contribution in [3.8, 4) is 22.6 Å². The van der Waals surface area contributed by atoms with Gasteiger partial charge >= 0.3 is 0 Å². The lowest BCUT2D eigenvalue weighted by Crippen LogP contribution is -2.35. The van der Waals surface area contributed by atoms with Gasteiger partial charge in [-0.25, -0.2) is 0 Å². The predicted octanol–water partition coefficient (Wildman–Crippen LogP) is 3.97. The lowest BCUT2D eigenvalue weighted by molar-refractivity contribution is 0.115. The molecule has 5 nitrogen and oxygen atoms in total. The van der Waals surface area contributed by atoms with Crippen LogP contribution in [0.1, 0.15) is 12.8 Å². The van der Waals surface area contributed by atoms with Crippen LogP contribution in [-0.4, -0.2) is 43.2 Å². The summed E-state index contributed by atoms with van der Waals surface area (Å²) in [7, 11) is 3.79.